The van der Waals surface area contributed by atoms with E-state index < -0.39 is 0 Å². The van der Waals surface area contributed by atoms with Crippen molar-refractivity contribution in [3.8, 4) is 11.5 Å². The molecule has 0 saturated carbocycles. The second-order valence-corrected chi connectivity index (χ2v) is 4.52. The minimum atomic E-state index is 0.480. The van der Waals surface area contributed by atoms with Crippen LogP contribution in [-0.2, 0) is 0 Å². The SMILES string of the molecule is COc1ccc2c(c1)[C@@H]1CCCN[C@H]1CO2. The summed E-state index contributed by atoms with van der Waals surface area (Å²) in [6, 6.07) is 6.60. The zero-order chi connectivity index (χ0) is 11.0. The number of nitrogens with one attached hydrogen (secondary N) is 1. The predicted octanol–water partition coefficient (Wildman–Crippen LogP) is 1.92. The Morgan fingerprint density at radius 3 is 3.25 bits per heavy atom. The fourth-order valence-electron chi connectivity index (χ4n) is 2.75. The van der Waals surface area contributed by atoms with Crippen LogP contribution < -0.4 is 14.8 Å². The van der Waals surface area contributed by atoms with Crippen LogP contribution in [0.3, 0.4) is 0 Å². The number of fused-ring (bicyclic) bond motifs is 3. The van der Waals surface area contributed by atoms with Gasteiger partial charge in [0.1, 0.15) is 18.1 Å². The fourth-order valence-corrected chi connectivity index (χ4v) is 2.75. The van der Waals surface area contributed by atoms with Gasteiger partial charge in [-0.25, -0.2) is 0 Å². The smallest absolute Gasteiger partial charge is 0.123 e. The minimum absolute atomic E-state index is 0.480. The highest BCUT2D eigenvalue weighted by Gasteiger charge is 2.32. The van der Waals surface area contributed by atoms with Gasteiger partial charge in [0.2, 0.25) is 0 Å². The zero-order valence-corrected chi connectivity index (χ0v) is 9.53. The summed E-state index contributed by atoms with van der Waals surface area (Å²) >= 11 is 0. The first-order chi connectivity index (χ1) is 7.88. The van der Waals surface area contributed by atoms with Crippen molar-refractivity contribution in [1.82, 2.24) is 5.32 Å². The lowest BCUT2D eigenvalue weighted by molar-refractivity contribution is 0.189. The summed E-state index contributed by atoms with van der Waals surface area (Å²) in [5.41, 5.74) is 1.31. The molecule has 3 heteroatoms. The van der Waals surface area contributed by atoms with Crippen molar-refractivity contribution in [2.45, 2.75) is 24.8 Å². The first-order valence-corrected chi connectivity index (χ1v) is 5.92. The minimum Gasteiger partial charge on any atom is -0.497 e. The Bertz CT molecular complexity index is 392. The van der Waals surface area contributed by atoms with Crippen LogP contribution in [0.5, 0.6) is 11.5 Å². The summed E-state index contributed by atoms with van der Waals surface area (Å²) in [4.78, 5) is 0. The molecule has 2 aliphatic heterocycles. The van der Waals surface area contributed by atoms with Crippen LogP contribution in [0, 0.1) is 0 Å². The maximum atomic E-state index is 5.77. The van der Waals surface area contributed by atoms with Crippen LogP contribution in [0.4, 0.5) is 0 Å². The summed E-state index contributed by atoms with van der Waals surface area (Å²) < 4.78 is 11.1. The zero-order valence-electron chi connectivity index (χ0n) is 9.53. The molecule has 2 atom stereocenters. The van der Waals surface area contributed by atoms with Crippen molar-refractivity contribution >= 4 is 0 Å². The summed E-state index contributed by atoms with van der Waals surface area (Å²) in [7, 11) is 1.71. The quantitative estimate of drug-likeness (QED) is 0.782. The molecule has 0 aliphatic carbocycles. The van der Waals surface area contributed by atoms with E-state index >= 15 is 0 Å². The van der Waals surface area contributed by atoms with Crippen LogP contribution in [0.2, 0.25) is 0 Å². The van der Waals surface area contributed by atoms with Gasteiger partial charge in [0.25, 0.3) is 0 Å². The number of methoxy groups -OCH3 is 1. The second kappa shape index (κ2) is 3.98. The van der Waals surface area contributed by atoms with Gasteiger partial charge in [-0.15, -0.1) is 0 Å². The Hall–Kier alpha value is -1.22. The molecule has 1 aromatic carbocycles. The van der Waals surface area contributed by atoms with E-state index in [2.05, 4.69) is 11.4 Å². The van der Waals surface area contributed by atoms with E-state index in [-0.39, 0.29) is 0 Å². The molecule has 86 valence electrons. The number of ether oxygens (including phenoxy) is 2. The van der Waals surface area contributed by atoms with E-state index in [1.807, 2.05) is 12.1 Å². The third-order valence-corrected chi connectivity index (χ3v) is 3.62. The molecule has 3 rings (SSSR count). The summed E-state index contributed by atoms with van der Waals surface area (Å²) in [5, 5.41) is 3.53. The Morgan fingerprint density at radius 1 is 1.44 bits per heavy atom. The summed E-state index contributed by atoms with van der Waals surface area (Å²) in [6.45, 7) is 1.91. The number of hydrogen-bond acceptors (Lipinski definition) is 3. The third-order valence-electron chi connectivity index (χ3n) is 3.62. The highest BCUT2D eigenvalue weighted by atomic mass is 16.5. The van der Waals surface area contributed by atoms with Crippen molar-refractivity contribution in [1.29, 1.82) is 0 Å². The fraction of sp³-hybridized carbons (Fsp3) is 0.538. The Morgan fingerprint density at radius 2 is 2.38 bits per heavy atom. The molecule has 0 aromatic heterocycles. The van der Waals surface area contributed by atoms with Gasteiger partial charge in [0.05, 0.1) is 7.11 Å². The Balaban J connectivity index is 1.98. The summed E-state index contributed by atoms with van der Waals surface area (Å²) in [5.74, 6) is 2.55. The number of piperidine rings is 1. The largest absolute Gasteiger partial charge is 0.497 e. The molecule has 2 heterocycles. The van der Waals surface area contributed by atoms with E-state index in [1.165, 1.54) is 18.4 Å². The first-order valence-electron chi connectivity index (χ1n) is 5.92. The molecule has 16 heavy (non-hydrogen) atoms. The molecule has 1 fully saturated rings. The highest BCUT2D eigenvalue weighted by molar-refractivity contribution is 5.44. The Labute approximate surface area is 95.8 Å². The maximum Gasteiger partial charge on any atom is 0.123 e. The standard InChI is InChI=1S/C13H17NO2/c1-15-9-4-5-13-11(7-9)10-3-2-6-14-12(10)8-16-13/h4-5,7,10,12,14H,2-3,6,8H2,1H3/t10-,12-/m0/s1. The van der Waals surface area contributed by atoms with Crippen LogP contribution >= 0.6 is 0 Å². The van der Waals surface area contributed by atoms with Crippen LogP contribution in [0.25, 0.3) is 0 Å². The molecule has 0 unspecified atom stereocenters. The van der Waals surface area contributed by atoms with Crippen LogP contribution in [0.1, 0.15) is 24.3 Å². The van der Waals surface area contributed by atoms with Gasteiger partial charge in [-0.3, -0.25) is 0 Å². The van der Waals surface area contributed by atoms with E-state index in [4.69, 9.17) is 9.47 Å². The molecule has 1 N–H and O–H groups in total. The highest BCUT2D eigenvalue weighted by Crippen LogP contribution is 2.39. The molecular formula is C13H17NO2. The molecule has 2 aliphatic rings. The molecule has 1 saturated heterocycles. The van der Waals surface area contributed by atoms with E-state index in [0.29, 0.717) is 12.0 Å². The van der Waals surface area contributed by atoms with Gasteiger partial charge in [-0.1, -0.05) is 0 Å². The molecule has 1 aromatic rings. The maximum absolute atomic E-state index is 5.77. The average molecular weight is 219 g/mol. The molecule has 0 bridgehead atoms. The number of rotatable bonds is 1. The first kappa shape index (κ1) is 9.97. The van der Waals surface area contributed by atoms with Gasteiger partial charge in [-0.05, 0) is 37.6 Å². The average Bonchev–Trinajstić information content (AvgIpc) is 2.38. The van der Waals surface area contributed by atoms with E-state index in [1.54, 1.807) is 7.11 Å². The monoisotopic (exact) mass is 219 g/mol. The third kappa shape index (κ3) is 1.55. The Kier molecular flexibility index (Phi) is 2.48. The van der Waals surface area contributed by atoms with Crippen molar-refractivity contribution in [2.75, 3.05) is 20.3 Å². The lowest BCUT2D eigenvalue weighted by atomic mass is 9.83. The second-order valence-electron chi connectivity index (χ2n) is 4.52. The van der Waals surface area contributed by atoms with Crippen LogP contribution in [0.15, 0.2) is 18.2 Å². The molecule has 0 radical (unpaired) electrons. The van der Waals surface area contributed by atoms with Crippen molar-refractivity contribution in [2.24, 2.45) is 0 Å². The lowest BCUT2D eigenvalue weighted by Gasteiger charge is -2.37. The van der Waals surface area contributed by atoms with Crippen LogP contribution in [-0.4, -0.2) is 26.3 Å². The van der Waals surface area contributed by atoms with Crippen molar-refractivity contribution in [3.63, 3.8) is 0 Å². The van der Waals surface area contributed by atoms with Gasteiger partial charge in [0.15, 0.2) is 0 Å². The molecule has 0 amide bonds. The van der Waals surface area contributed by atoms with Crippen molar-refractivity contribution in [3.05, 3.63) is 23.8 Å². The number of hydrogen-bond donors (Lipinski definition) is 1. The van der Waals surface area contributed by atoms with Gasteiger partial charge in [0, 0.05) is 17.5 Å². The molecule has 3 nitrogen and oxygen atoms in total. The lowest BCUT2D eigenvalue weighted by Crippen LogP contribution is -2.46. The van der Waals surface area contributed by atoms with E-state index in [0.717, 1.165) is 24.7 Å². The predicted molar refractivity (Wildman–Crippen MR) is 62.3 cm³/mol. The van der Waals surface area contributed by atoms with E-state index in [9.17, 15) is 0 Å². The molecular weight excluding hydrogens is 202 g/mol. The van der Waals surface area contributed by atoms with Gasteiger partial charge >= 0.3 is 0 Å². The van der Waals surface area contributed by atoms with Gasteiger partial charge in [-0.2, -0.15) is 0 Å². The topological polar surface area (TPSA) is 30.5 Å². The normalized spacial score (nSPS) is 27.6. The number of benzene rings is 1. The van der Waals surface area contributed by atoms with Gasteiger partial charge < -0.3 is 14.8 Å². The molecule has 0 spiro atoms. The van der Waals surface area contributed by atoms with Crippen molar-refractivity contribution < 1.29 is 9.47 Å². The summed E-state index contributed by atoms with van der Waals surface area (Å²) in [6.07, 6.45) is 2.50.